The first-order chi connectivity index (χ1) is 13.6. The number of nitrogens with zero attached hydrogens (tertiary/aromatic N) is 1. The number of aryl methyl sites for hydroxylation is 1. The number of rotatable bonds is 6. The Bertz CT molecular complexity index is 950. The molecule has 1 saturated heterocycles. The van der Waals surface area contributed by atoms with E-state index in [0.29, 0.717) is 16.8 Å². The largest absolute Gasteiger partial charge is 0.416 e. The zero-order chi connectivity index (χ0) is 21.1. The summed E-state index contributed by atoms with van der Waals surface area (Å²) < 4.78 is 64.7. The van der Waals surface area contributed by atoms with Gasteiger partial charge in [-0.2, -0.15) is 13.2 Å². The minimum absolute atomic E-state index is 0.0702. The lowest BCUT2D eigenvalue weighted by Gasteiger charge is -2.15. The maximum absolute atomic E-state index is 12.6. The van der Waals surface area contributed by atoms with E-state index in [-0.39, 0.29) is 18.1 Å². The van der Waals surface area contributed by atoms with Crippen molar-refractivity contribution in [2.75, 3.05) is 23.6 Å². The van der Waals surface area contributed by atoms with Crippen LogP contribution in [-0.2, 0) is 22.6 Å². The first kappa shape index (κ1) is 21.2. The van der Waals surface area contributed by atoms with Crippen LogP contribution in [-0.4, -0.2) is 38.1 Å². The number of carbonyl (C=O) groups is 1. The summed E-state index contributed by atoms with van der Waals surface area (Å²) in [5.74, 6) is -0.341. The van der Waals surface area contributed by atoms with Crippen LogP contribution in [0, 0.1) is 0 Å². The van der Waals surface area contributed by atoms with E-state index >= 15 is 0 Å². The molecule has 0 aliphatic carbocycles. The molecule has 3 rings (SSSR count). The fourth-order valence-electron chi connectivity index (χ4n) is 3.13. The predicted molar refractivity (Wildman–Crippen MR) is 104 cm³/mol. The second kappa shape index (κ2) is 8.44. The molecule has 0 atom stereocenters. The van der Waals surface area contributed by atoms with Gasteiger partial charge < -0.3 is 4.90 Å². The third-order valence-electron chi connectivity index (χ3n) is 4.74. The molecule has 1 amide bonds. The molecular formula is C20H21F3N2O3S. The van der Waals surface area contributed by atoms with Crippen LogP contribution < -0.4 is 4.72 Å². The highest BCUT2D eigenvalue weighted by Crippen LogP contribution is 2.29. The number of likely N-dealkylation sites (tertiary alicyclic amines) is 1. The highest BCUT2D eigenvalue weighted by molar-refractivity contribution is 7.92. The molecular weight excluding hydrogens is 405 g/mol. The van der Waals surface area contributed by atoms with E-state index in [0.717, 1.165) is 38.1 Å². The molecule has 1 N–H and O–H groups in total. The van der Waals surface area contributed by atoms with Crippen LogP contribution >= 0.6 is 0 Å². The zero-order valence-electron chi connectivity index (χ0n) is 15.6. The average molecular weight is 426 g/mol. The second-order valence-electron chi connectivity index (χ2n) is 6.94. The molecule has 2 aromatic rings. The van der Waals surface area contributed by atoms with Crippen LogP contribution in [0.5, 0.6) is 0 Å². The lowest BCUT2D eigenvalue weighted by Crippen LogP contribution is -2.27. The molecule has 0 radical (unpaired) electrons. The predicted octanol–water partition coefficient (Wildman–Crippen LogP) is 3.93. The maximum atomic E-state index is 12.6. The molecule has 0 saturated carbocycles. The topological polar surface area (TPSA) is 66.5 Å². The minimum Gasteiger partial charge on any atom is -0.339 e. The summed E-state index contributed by atoms with van der Waals surface area (Å²) in [4.78, 5) is 14.1. The molecule has 29 heavy (non-hydrogen) atoms. The number of anilines is 1. The van der Waals surface area contributed by atoms with E-state index in [9.17, 15) is 26.4 Å². The van der Waals surface area contributed by atoms with Crippen LogP contribution in [0.25, 0.3) is 0 Å². The molecule has 0 aromatic heterocycles. The van der Waals surface area contributed by atoms with Gasteiger partial charge in [0.1, 0.15) is 0 Å². The maximum Gasteiger partial charge on any atom is 0.416 e. The SMILES string of the molecule is O=C(c1ccc(NS(=O)(=O)CCc2ccc(C(F)(F)F)cc2)cc1)N1CCCC1. The smallest absolute Gasteiger partial charge is 0.339 e. The average Bonchev–Trinajstić information content (AvgIpc) is 3.21. The molecule has 1 fully saturated rings. The number of hydrogen-bond donors (Lipinski definition) is 1. The number of halogens is 3. The summed E-state index contributed by atoms with van der Waals surface area (Å²) in [5.41, 5.74) is 0.552. The van der Waals surface area contributed by atoms with E-state index in [1.807, 2.05) is 0 Å². The quantitative estimate of drug-likeness (QED) is 0.761. The third kappa shape index (κ3) is 5.72. The number of nitrogens with one attached hydrogen (secondary N) is 1. The monoisotopic (exact) mass is 426 g/mol. The zero-order valence-corrected chi connectivity index (χ0v) is 16.4. The standard InChI is InChI=1S/C20H21F3N2O3S/c21-20(22,23)17-7-3-15(4-8-17)11-14-29(27,28)24-18-9-5-16(6-10-18)19(26)25-12-1-2-13-25/h3-10,24H,1-2,11-14H2. The molecule has 1 aliphatic rings. The molecule has 5 nitrogen and oxygen atoms in total. The lowest BCUT2D eigenvalue weighted by atomic mass is 10.1. The molecule has 156 valence electrons. The van der Waals surface area contributed by atoms with Crippen LogP contribution in [0.3, 0.4) is 0 Å². The molecule has 0 unspecified atom stereocenters. The summed E-state index contributed by atoms with van der Waals surface area (Å²) in [6.07, 6.45) is -2.36. The van der Waals surface area contributed by atoms with Crippen molar-refractivity contribution in [3.8, 4) is 0 Å². The van der Waals surface area contributed by atoms with Gasteiger partial charge in [-0.15, -0.1) is 0 Å². The van der Waals surface area contributed by atoms with Crippen molar-refractivity contribution in [1.29, 1.82) is 0 Å². The van der Waals surface area contributed by atoms with Crippen LogP contribution in [0.4, 0.5) is 18.9 Å². The van der Waals surface area contributed by atoms with Crippen molar-refractivity contribution in [1.82, 2.24) is 4.90 Å². The van der Waals surface area contributed by atoms with Crippen molar-refractivity contribution in [3.63, 3.8) is 0 Å². The Hall–Kier alpha value is -2.55. The van der Waals surface area contributed by atoms with E-state index < -0.39 is 21.8 Å². The van der Waals surface area contributed by atoms with Crippen molar-refractivity contribution in [3.05, 3.63) is 65.2 Å². The van der Waals surface area contributed by atoms with Crippen molar-refractivity contribution in [2.45, 2.75) is 25.4 Å². The van der Waals surface area contributed by atoms with Gasteiger partial charge in [0.15, 0.2) is 0 Å². The first-order valence-electron chi connectivity index (χ1n) is 9.20. The van der Waals surface area contributed by atoms with Crippen molar-refractivity contribution < 1.29 is 26.4 Å². The molecule has 2 aromatic carbocycles. The number of amides is 1. The number of hydrogen-bond acceptors (Lipinski definition) is 3. The summed E-state index contributed by atoms with van der Waals surface area (Å²) >= 11 is 0. The Balaban J connectivity index is 1.57. The first-order valence-corrected chi connectivity index (χ1v) is 10.9. The van der Waals surface area contributed by atoms with Gasteiger partial charge in [-0.1, -0.05) is 12.1 Å². The normalized spacial score (nSPS) is 14.8. The van der Waals surface area contributed by atoms with Gasteiger partial charge in [-0.3, -0.25) is 9.52 Å². The fraction of sp³-hybridized carbons (Fsp3) is 0.350. The second-order valence-corrected chi connectivity index (χ2v) is 8.78. The molecule has 9 heteroatoms. The van der Waals surface area contributed by atoms with Crippen LogP contribution in [0.15, 0.2) is 48.5 Å². The highest BCUT2D eigenvalue weighted by Gasteiger charge is 2.30. The summed E-state index contributed by atoms with van der Waals surface area (Å²) in [6, 6.07) is 10.6. The Morgan fingerprint density at radius 2 is 1.55 bits per heavy atom. The number of sulfonamides is 1. The number of alkyl halides is 3. The fourth-order valence-corrected chi connectivity index (χ4v) is 4.23. The molecule has 0 bridgehead atoms. The number of carbonyl (C=O) groups excluding carboxylic acids is 1. The Morgan fingerprint density at radius 3 is 2.10 bits per heavy atom. The van der Waals surface area contributed by atoms with Gasteiger partial charge >= 0.3 is 6.18 Å². The van der Waals surface area contributed by atoms with Gasteiger partial charge in [-0.05, 0) is 61.2 Å². The van der Waals surface area contributed by atoms with Crippen molar-refractivity contribution >= 4 is 21.6 Å². The van der Waals surface area contributed by atoms with Gasteiger partial charge in [0, 0.05) is 24.3 Å². The lowest BCUT2D eigenvalue weighted by molar-refractivity contribution is -0.137. The van der Waals surface area contributed by atoms with E-state index in [1.165, 1.54) is 24.3 Å². The molecule has 1 heterocycles. The van der Waals surface area contributed by atoms with Gasteiger partial charge in [0.25, 0.3) is 5.91 Å². The number of benzene rings is 2. The summed E-state index contributed by atoms with van der Waals surface area (Å²) in [5, 5.41) is 0. The van der Waals surface area contributed by atoms with Crippen molar-refractivity contribution in [2.24, 2.45) is 0 Å². The summed E-state index contributed by atoms with van der Waals surface area (Å²) in [7, 11) is -3.69. The summed E-state index contributed by atoms with van der Waals surface area (Å²) in [6.45, 7) is 1.47. The Morgan fingerprint density at radius 1 is 0.966 bits per heavy atom. The third-order valence-corrected chi connectivity index (χ3v) is 6.03. The van der Waals surface area contributed by atoms with Gasteiger partial charge in [0.05, 0.1) is 11.3 Å². The van der Waals surface area contributed by atoms with Crippen LogP contribution in [0.2, 0.25) is 0 Å². The van der Waals surface area contributed by atoms with E-state index in [1.54, 1.807) is 17.0 Å². The minimum atomic E-state index is -4.42. The molecule has 0 spiro atoms. The Labute approximate surface area is 167 Å². The van der Waals surface area contributed by atoms with Gasteiger partial charge in [0.2, 0.25) is 10.0 Å². The van der Waals surface area contributed by atoms with Crippen LogP contribution in [0.1, 0.15) is 34.3 Å². The van der Waals surface area contributed by atoms with Gasteiger partial charge in [-0.25, -0.2) is 8.42 Å². The Kier molecular flexibility index (Phi) is 6.16. The van der Waals surface area contributed by atoms with E-state index in [2.05, 4.69) is 4.72 Å². The highest BCUT2D eigenvalue weighted by atomic mass is 32.2. The molecule has 1 aliphatic heterocycles. The van der Waals surface area contributed by atoms with E-state index in [4.69, 9.17) is 0 Å².